The number of aryl methyl sites for hydroxylation is 1. The molecule has 9 heteroatoms. The Labute approximate surface area is 183 Å². The van der Waals surface area contributed by atoms with Gasteiger partial charge in [0.25, 0.3) is 5.91 Å². The summed E-state index contributed by atoms with van der Waals surface area (Å²) >= 11 is 7.61. The summed E-state index contributed by atoms with van der Waals surface area (Å²) < 4.78 is 5.07. The number of thiazole rings is 1. The third-order valence-corrected chi connectivity index (χ3v) is 6.06. The Balaban J connectivity index is 1.24. The molecule has 1 fully saturated rings. The number of amides is 2. The summed E-state index contributed by atoms with van der Waals surface area (Å²) in [5.74, 6) is 0.00852. The summed E-state index contributed by atoms with van der Waals surface area (Å²) in [4.78, 5) is 33.1. The fourth-order valence-corrected chi connectivity index (χ4v) is 4.34. The van der Waals surface area contributed by atoms with Crippen LogP contribution in [-0.2, 0) is 11.2 Å². The number of aromatic nitrogens is 1. The molecule has 1 N–H and O–H groups in total. The minimum Gasteiger partial charge on any atom is -0.459 e. The van der Waals surface area contributed by atoms with Gasteiger partial charge in [-0.05, 0) is 30.7 Å². The van der Waals surface area contributed by atoms with Gasteiger partial charge >= 0.3 is 0 Å². The van der Waals surface area contributed by atoms with Crippen LogP contribution in [-0.4, -0.2) is 47.9 Å². The molecule has 156 valence electrons. The molecule has 2 amide bonds. The SMILES string of the molecule is O=C(Nc1nc(CCC(=O)N2CCN(c3ccccc3Cl)CC2)cs1)c1ccco1. The molecule has 0 bridgehead atoms. The van der Waals surface area contributed by atoms with Crippen molar-refractivity contribution in [2.75, 3.05) is 36.4 Å². The molecule has 2 aromatic heterocycles. The van der Waals surface area contributed by atoms with Gasteiger partial charge in [-0.2, -0.15) is 0 Å². The van der Waals surface area contributed by atoms with E-state index in [0.717, 1.165) is 29.5 Å². The van der Waals surface area contributed by atoms with Gasteiger partial charge in [-0.25, -0.2) is 4.98 Å². The molecule has 1 saturated heterocycles. The van der Waals surface area contributed by atoms with Gasteiger partial charge in [0, 0.05) is 38.0 Å². The topological polar surface area (TPSA) is 78.7 Å². The number of rotatable bonds is 6. The van der Waals surface area contributed by atoms with E-state index in [0.29, 0.717) is 31.1 Å². The normalized spacial score (nSPS) is 14.0. The zero-order valence-electron chi connectivity index (χ0n) is 16.2. The first-order valence-corrected chi connectivity index (χ1v) is 10.9. The van der Waals surface area contributed by atoms with Crippen molar-refractivity contribution in [3.05, 3.63) is 64.5 Å². The van der Waals surface area contributed by atoms with E-state index in [4.69, 9.17) is 16.0 Å². The second-order valence-corrected chi connectivity index (χ2v) is 8.16. The minimum absolute atomic E-state index is 0.114. The summed E-state index contributed by atoms with van der Waals surface area (Å²) in [5, 5.41) is 5.79. The van der Waals surface area contributed by atoms with Crippen molar-refractivity contribution in [3.63, 3.8) is 0 Å². The lowest BCUT2D eigenvalue weighted by Gasteiger charge is -2.36. The van der Waals surface area contributed by atoms with Crippen molar-refractivity contribution in [1.29, 1.82) is 0 Å². The first-order chi connectivity index (χ1) is 14.6. The van der Waals surface area contributed by atoms with Crippen LogP contribution in [0.1, 0.15) is 22.7 Å². The molecule has 3 aromatic rings. The van der Waals surface area contributed by atoms with Gasteiger partial charge in [0.1, 0.15) is 0 Å². The molecule has 4 rings (SSSR count). The molecule has 0 radical (unpaired) electrons. The first kappa shape index (κ1) is 20.4. The third kappa shape index (κ3) is 4.83. The molecular formula is C21H21ClN4O3S. The van der Waals surface area contributed by atoms with Gasteiger partial charge < -0.3 is 14.2 Å². The number of carbonyl (C=O) groups excluding carboxylic acids is 2. The van der Waals surface area contributed by atoms with Crippen molar-refractivity contribution in [3.8, 4) is 0 Å². The number of nitrogens with zero attached hydrogens (tertiary/aromatic N) is 3. The lowest BCUT2D eigenvalue weighted by molar-refractivity contribution is -0.131. The van der Waals surface area contributed by atoms with Gasteiger partial charge in [-0.3, -0.25) is 14.9 Å². The molecule has 0 saturated carbocycles. The Bertz CT molecular complexity index is 1010. The van der Waals surface area contributed by atoms with Crippen LogP contribution in [0.25, 0.3) is 0 Å². The van der Waals surface area contributed by atoms with E-state index in [1.54, 1.807) is 12.1 Å². The van der Waals surface area contributed by atoms with Crippen molar-refractivity contribution >= 4 is 45.6 Å². The quantitative estimate of drug-likeness (QED) is 0.623. The number of hydrogen-bond acceptors (Lipinski definition) is 6. The maximum Gasteiger partial charge on any atom is 0.293 e. The zero-order valence-corrected chi connectivity index (χ0v) is 17.8. The highest BCUT2D eigenvalue weighted by Crippen LogP contribution is 2.26. The van der Waals surface area contributed by atoms with E-state index < -0.39 is 0 Å². The van der Waals surface area contributed by atoms with E-state index in [2.05, 4.69) is 15.2 Å². The Morgan fingerprint density at radius 1 is 1.13 bits per heavy atom. The molecule has 0 aliphatic carbocycles. The number of nitrogens with one attached hydrogen (secondary N) is 1. The van der Waals surface area contributed by atoms with Crippen molar-refractivity contribution in [2.45, 2.75) is 12.8 Å². The Morgan fingerprint density at radius 3 is 2.67 bits per heavy atom. The molecule has 1 aromatic carbocycles. The maximum absolute atomic E-state index is 12.6. The Morgan fingerprint density at radius 2 is 1.93 bits per heavy atom. The van der Waals surface area contributed by atoms with Crippen LogP contribution in [0.4, 0.5) is 10.8 Å². The molecule has 1 aliphatic heterocycles. The summed E-state index contributed by atoms with van der Waals surface area (Å²) in [5.41, 5.74) is 1.80. The van der Waals surface area contributed by atoms with Crippen LogP contribution in [0.3, 0.4) is 0 Å². The van der Waals surface area contributed by atoms with Crippen LogP contribution in [0, 0.1) is 0 Å². The Kier molecular flexibility index (Phi) is 6.35. The fourth-order valence-electron chi connectivity index (χ4n) is 3.34. The van der Waals surface area contributed by atoms with Gasteiger partial charge in [-0.1, -0.05) is 23.7 Å². The predicted molar refractivity (Wildman–Crippen MR) is 117 cm³/mol. The molecule has 7 nitrogen and oxygen atoms in total. The monoisotopic (exact) mass is 444 g/mol. The Hall–Kier alpha value is -2.84. The largest absolute Gasteiger partial charge is 0.459 e. The number of piperazine rings is 1. The summed E-state index contributed by atoms with van der Waals surface area (Å²) in [6.45, 7) is 2.86. The molecular weight excluding hydrogens is 424 g/mol. The number of hydrogen-bond donors (Lipinski definition) is 1. The van der Waals surface area contributed by atoms with E-state index in [1.165, 1.54) is 17.6 Å². The predicted octanol–water partition coefficient (Wildman–Crippen LogP) is 3.92. The molecule has 0 spiro atoms. The van der Waals surface area contributed by atoms with Gasteiger partial charge in [0.2, 0.25) is 5.91 Å². The maximum atomic E-state index is 12.6. The molecule has 0 atom stereocenters. The van der Waals surface area contributed by atoms with Gasteiger partial charge in [0.15, 0.2) is 10.9 Å². The van der Waals surface area contributed by atoms with Crippen LogP contribution in [0.2, 0.25) is 5.02 Å². The van der Waals surface area contributed by atoms with Crippen molar-refractivity contribution in [1.82, 2.24) is 9.88 Å². The third-order valence-electron chi connectivity index (χ3n) is 4.94. The first-order valence-electron chi connectivity index (χ1n) is 9.66. The second kappa shape index (κ2) is 9.32. The average molecular weight is 445 g/mol. The minimum atomic E-state index is -0.339. The van der Waals surface area contributed by atoms with Crippen LogP contribution in [0.15, 0.2) is 52.5 Å². The zero-order chi connectivity index (χ0) is 20.9. The number of halogens is 1. The van der Waals surface area contributed by atoms with Crippen molar-refractivity contribution in [2.24, 2.45) is 0 Å². The lowest BCUT2D eigenvalue weighted by atomic mass is 10.2. The van der Waals surface area contributed by atoms with Crippen molar-refractivity contribution < 1.29 is 14.0 Å². The second-order valence-electron chi connectivity index (χ2n) is 6.89. The summed E-state index contributed by atoms with van der Waals surface area (Å²) in [6, 6.07) is 11.0. The van der Waals surface area contributed by atoms with Crippen LogP contribution < -0.4 is 10.2 Å². The van der Waals surface area contributed by atoms with Gasteiger partial charge in [0.05, 0.1) is 22.7 Å². The molecule has 30 heavy (non-hydrogen) atoms. The van der Waals surface area contributed by atoms with E-state index in [1.807, 2.05) is 34.5 Å². The lowest BCUT2D eigenvalue weighted by Crippen LogP contribution is -2.48. The molecule has 3 heterocycles. The highest BCUT2D eigenvalue weighted by Gasteiger charge is 2.22. The van der Waals surface area contributed by atoms with E-state index in [-0.39, 0.29) is 17.6 Å². The number of para-hydroxylation sites is 1. The number of furan rings is 1. The average Bonchev–Trinajstić information content (AvgIpc) is 3.45. The van der Waals surface area contributed by atoms with Crippen LogP contribution in [0.5, 0.6) is 0 Å². The fraction of sp³-hybridized carbons (Fsp3) is 0.286. The standard InChI is InChI=1S/C21H21ClN4O3S/c22-16-4-1-2-5-17(16)25-9-11-26(12-10-25)19(27)8-7-15-14-30-21(23-15)24-20(28)18-6-3-13-29-18/h1-6,13-14H,7-12H2,(H,23,24,28). The number of benzene rings is 1. The molecule has 0 unspecified atom stereocenters. The highest BCUT2D eigenvalue weighted by molar-refractivity contribution is 7.13. The van der Waals surface area contributed by atoms with E-state index in [9.17, 15) is 9.59 Å². The van der Waals surface area contributed by atoms with E-state index >= 15 is 0 Å². The van der Waals surface area contributed by atoms with Crippen LogP contribution >= 0.6 is 22.9 Å². The summed E-state index contributed by atoms with van der Waals surface area (Å²) in [6.07, 6.45) is 2.38. The number of anilines is 2. The number of carbonyl (C=O) groups is 2. The highest BCUT2D eigenvalue weighted by atomic mass is 35.5. The smallest absolute Gasteiger partial charge is 0.293 e. The van der Waals surface area contributed by atoms with Gasteiger partial charge in [-0.15, -0.1) is 11.3 Å². The molecule has 1 aliphatic rings. The summed E-state index contributed by atoms with van der Waals surface area (Å²) in [7, 11) is 0.